The molecule has 0 atom stereocenters. The van der Waals surface area contributed by atoms with Gasteiger partial charge in [-0.25, -0.2) is 15.0 Å². The third kappa shape index (κ3) is 4.48. The first kappa shape index (κ1) is 21.4. The summed E-state index contributed by atoms with van der Waals surface area (Å²) in [5, 5.41) is 2.35. The van der Waals surface area contributed by atoms with Gasteiger partial charge < -0.3 is 0 Å². The fourth-order valence-electron chi connectivity index (χ4n) is 4.18. The van der Waals surface area contributed by atoms with Gasteiger partial charge in [-0.15, -0.1) is 0 Å². The summed E-state index contributed by atoms with van der Waals surface area (Å²) in [5.41, 5.74) is 5.11. The maximum Gasteiger partial charge on any atom is 0.164 e. The van der Waals surface area contributed by atoms with Crippen molar-refractivity contribution in [3.05, 3.63) is 126 Å². The second-order valence-electron chi connectivity index (χ2n) is 8.33. The molecule has 4 heteroatoms. The lowest BCUT2D eigenvalue weighted by molar-refractivity contribution is 1.07. The van der Waals surface area contributed by atoms with E-state index in [0.29, 0.717) is 17.5 Å². The summed E-state index contributed by atoms with van der Waals surface area (Å²) >= 11 is 3.58. The Kier molecular flexibility index (Phi) is 5.65. The first-order chi connectivity index (χ1) is 17.2. The third-order valence-electron chi connectivity index (χ3n) is 5.95. The average molecular weight is 514 g/mol. The van der Waals surface area contributed by atoms with E-state index in [-0.39, 0.29) is 0 Å². The number of benzene rings is 5. The van der Waals surface area contributed by atoms with Crippen molar-refractivity contribution < 1.29 is 0 Å². The van der Waals surface area contributed by atoms with Gasteiger partial charge in [-0.2, -0.15) is 0 Å². The van der Waals surface area contributed by atoms with Crippen LogP contribution in [0.2, 0.25) is 0 Å². The van der Waals surface area contributed by atoms with Crippen molar-refractivity contribution in [2.45, 2.75) is 0 Å². The average Bonchev–Trinajstić information content (AvgIpc) is 2.93. The van der Waals surface area contributed by atoms with Crippen LogP contribution in [0, 0.1) is 0 Å². The molecule has 1 heterocycles. The SMILES string of the molecule is Brc1cccc(-c2cccc(-c3nc(-c4ccccc4)nc(-c4ccc5ccccc5c4)n3)c2)c1. The molecule has 0 fully saturated rings. The van der Waals surface area contributed by atoms with Crippen molar-refractivity contribution in [1.29, 1.82) is 0 Å². The molecule has 0 unspecified atom stereocenters. The van der Waals surface area contributed by atoms with Crippen molar-refractivity contribution in [2.24, 2.45) is 0 Å². The maximum absolute atomic E-state index is 4.93. The molecule has 0 saturated carbocycles. The van der Waals surface area contributed by atoms with Crippen LogP contribution in [-0.2, 0) is 0 Å². The topological polar surface area (TPSA) is 38.7 Å². The third-order valence-corrected chi connectivity index (χ3v) is 6.45. The Balaban J connectivity index is 1.52. The molecule has 0 bridgehead atoms. The van der Waals surface area contributed by atoms with E-state index >= 15 is 0 Å². The summed E-state index contributed by atoms with van der Waals surface area (Å²) in [6, 6.07) is 41.3. The molecule has 6 rings (SSSR count). The van der Waals surface area contributed by atoms with E-state index in [0.717, 1.165) is 37.7 Å². The Hall–Kier alpha value is -4.15. The highest BCUT2D eigenvalue weighted by molar-refractivity contribution is 9.10. The molecule has 0 radical (unpaired) electrons. The van der Waals surface area contributed by atoms with Crippen LogP contribution in [0.1, 0.15) is 0 Å². The van der Waals surface area contributed by atoms with E-state index in [1.165, 1.54) is 5.39 Å². The van der Waals surface area contributed by atoms with Crippen LogP contribution in [-0.4, -0.2) is 15.0 Å². The fourth-order valence-corrected chi connectivity index (χ4v) is 4.58. The number of rotatable bonds is 4. The molecule has 166 valence electrons. The summed E-state index contributed by atoms with van der Waals surface area (Å²) in [7, 11) is 0. The number of hydrogen-bond acceptors (Lipinski definition) is 3. The highest BCUT2D eigenvalue weighted by atomic mass is 79.9. The minimum absolute atomic E-state index is 0.652. The minimum Gasteiger partial charge on any atom is -0.208 e. The van der Waals surface area contributed by atoms with Gasteiger partial charge in [0, 0.05) is 21.2 Å². The molecular weight excluding hydrogens is 494 g/mol. The Morgan fingerprint density at radius 2 is 0.914 bits per heavy atom. The van der Waals surface area contributed by atoms with Crippen LogP contribution >= 0.6 is 15.9 Å². The van der Waals surface area contributed by atoms with E-state index < -0.39 is 0 Å². The van der Waals surface area contributed by atoms with Crippen molar-refractivity contribution >= 4 is 26.7 Å². The molecule has 0 aliphatic carbocycles. The molecule has 0 N–H and O–H groups in total. The van der Waals surface area contributed by atoms with Gasteiger partial charge >= 0.3 is 0 Å². The number of nitrogens with zero attached hydrogens (tertiary/aromatic N) is 3. The largest absolute Gasteiger partial charge is 0.208 e. The predicted molar refractivity (Wildman–Crippen MR) is 147 cm³/mol. The summed E-state index contributed by atoms with van der Waals surface area (Å²) < 4.78 is 1.05. The zero-order valence-electron chi connectivity index (χ0n) is 18.8. The van der Waals surface area contributed by atoms with Crippen molar-refractivity contribution in [3.8, 4) is 45.3 Å². The van der Waals surface area contributed by atoms with E-state index in [9.17, 15) is 0 Å². The van der Waals surface area contributed by atoms with E-state index in [4.69, 9.17) is 15.0 Å². The quantitative estimate of drug-likeness (QED) is 0.237. The summed E-state index contributed by atoms with van der Waals surface area (Å²) in [5.74, 6) is 1.97. The minimum atomic E-state index is 0.652. The van der Waals surface area contributed by atoms with Crippen molar-refractivity contribution in [1.82, 2.24) is 15.0 Å². The first-order valence-electron chi connectivity index (χ1n) is 11.4. The van der Waals surface area contributed by atoms with Gasteiger partial charge in [0.1, 0.15) is 0 Å². The second kappa shape index (κ2) is 9.24. The van der Waals surface area contributed by atoms with Crippen LogP contribution in [0.4, 0.5) is 0 Å². The van der Waals surface area contributed by atoms with Crippen molar-refractivity contribution in [2.75, 3.05) is 0 Å². The van der Waals surface area contributed by atoms with Gasteiger partial charge in [-0.1, -0.05) is 113 Å². The highest BCUT2D eigenvalue weighted by Crippen LogP contribution is 2.30. The smallest absolute Gasteiger partial charge is 0.164 e. The van der Waals surface area contributed by atoms with E-state index in [1.54, 1.807) is 0 Å². The molecule has 0 saturated heterocycles. The molecule has 1 aromatic heterocycles. The molecule has 0 aliphatic heterocycles. The first-order valence-corrected chi connectivity index (χ1v) is 12.2. The summed E-state index contributed by atoms with van der Waals surface area (Å²) in [6.07, 6.45) is 0. The van der Waals surface area contributed by atoms with Crippen LogP contribution < -0.4 is 0 Å². The predicted octanol–water partition coefficient (Wildman–Crippen LogP) is 8.46. The van der Waals surface area contributed by atoms with Crippen molar-refractivity contribution in [3.63, 3.8) is 0 Å². The van der Waals surface area contributed by atoms with Gasteiger partial charge in [0.05, 0.1) is 0 Å². The lowest BCUT2D eigenvalue weighted by Gasteiger charge is -2.10. The zero-order chi connectivity index (χ0) is 23.6. The lowest BCUT2D eigenvalue weighted by Crippen LogP contribution is -2.00. The standard InChI is InChI=1S/C31H20BrN3/c32-28-15-7-13-25(20-28)24-12-6-14-26(19-24)30-33-29(22-9-2-1-3-10-22)34-31(35-30)27-17-16-21-8-4-5-11-23(21)18-27/h1-20H. The molecular formula is C31H20BrN3. The van der Waals surface area contributed by atoms with Gasteiger partial charge in [0.25, 0.3) is 0 Å². The zero-order valence-corrected chi connectivity index (χ0v) is 20.4. The van der Waals surface area contributed by atoms with Crippen LogP contribution in [0.5, 0.6) is 0 Å². The van der Waals surface area contributed by atoms with Gasteiger partial charge in [-0.05, 0) is 46.2 Å². The molecule has 0 spiro atoms. The second-order valence-corrected chi connectivity index (χ2v) is 9.24. The fraction of sp³-hybridized carbons (Fsp3) is 0. The molecule has 3 nitrogen and oxygen atoms in total. The monoisotopic (exact) mass is 513 g/mol. The number of aromatic nitrogens is 3. The van der Waals surface area contributed by atoms with Gasteiger partial charge in [0.15, 0.2) is 17.5 Å². The van der Waals surface area contributed by atoms with Crippen LogP contribution in [0.25, 0.3) is 56.1 Å². The molecule has 0 aliphatic rings. The maximum atomic E-state index is 4.93. The Morgan fingerprint density at radius 1 is 0.371 bits per heavy atom. The van der Waals surface area contributed by atoms with E-state index in [1.807, 2.05) is 54.6 Å². The number of fused-ring (bicyclic) bond motifs is 1. The molecule has 35 heavy (non-hydrogen) atoms. The van der Waals surface area contributed by atoms with E-state index in [2.05, 4.69) is 82.7 Å². The Labute approximate surface area is 212 Å². The van der Waals surface area contributed by atoms with Crippen LogP contribution in [0.15, 0.2) is 126 Å². The normalized spacial score (nSPS) is 11.0. The molecule has 5 aromatic carbocycles. The van der Waals surface area contributed by atoms with Gasteiger partial charge in [-0.3, -0.25) is 0 Å². The van der Waals surface area contributed by atoms with Crippen LogP contribution in [0.3, 0.4) is 0 Å². The number of halogens is 1. The summed E-state index contributed by atoms with van der Waals surface area (Å²) in [6.45, 7) is 0. The lowest BCUT2D eigenvalue weighted by atomic mass is 10.0. The van der Waals surface area contributed by atoms with Gasteiger partial charge in [0.2, 0.25) is 0 Å². The number of hydrogen-bond donors (Lipinski definition) is 0. The Bertz CT molecular complexity index is 1660. The molecule has 6 aromatic rings. The Morgan fingerprint density at radius 3 is 1.66 bits per heavy atom. The highest BCUT2D eigenvalue weighted by Gasteiger charge is 2.13. The summed E-state index contributed by atoms with van der Waals surface area (Å²) in [4.78, 5) is 14.7. The molecule has 0 amide bonds.